The van der Waals surface area contributed by atoms with E-state index in [1.165, 1.54) is 29.2 Å². The first-order valence-corrected chi connectivity index (χ1v) is 6.41. The third kappa shape index (κ3) is 4.55. The van der Waals surface area contributed by atoms with Gasteiger partial charge < -0.3 is 10.0 Å². The molecule has 1 aromatic rings. The summed E-state index contributed by atoms with van der Waals surface area (Å²) in [6, 6.07) is 5.41. The highest BCUT2D eigenvalue weighted by atomic mass is 16.6. The lowest BCUT2D eigenvalue weighted by Crippen LogP contribution is -2.46. The second-order valence-electron chi connectivity index (χ2n) is 5.58. The van der Waals surface area contributed by atoms with E-state index in [0.717, 1.165) is 0 Å². The Labute approximate surface area is 122 Å². The van der Waals surface area contributed by atoms with E-state index in [1.54, 1.807) is 20.8 Å². The first-order valence-electron chi connectivity index (χ1n) is 6.41. The summed E-state index contributed by atoms with van der Waals surface area (Å²) in [6.45, 7) is 5.39. The molecule has 0 radical (unpaired) electrons. The zero-order chi connectivity index (χ0) is 16.2. The molecule has 0 saturated carbocycles. The number of carboxylic acids is 1. The van der Waals surface area contributed by atoms with Gasteiger partial charge in [0.15, 0.2) is 0 Å². The molecule has 21 heavy (non-hydrogen) atoms. The lowest BCUT2D eigenvalue weighted by Gasteiger charge is -2.35. The molecule has 0 unspecified atom stereocenters. The number of nitro groups is 1. The maximum absolute atomic E-state index is 12.5. The number of nitro benzene ring substituents is 1. The Kier molecular flexibility index (Phi) is 5.02. The van der Waals surface area contributed by atoms with Crippen molar-refractivity contribution in [2.45, 2.75) is 32.7 Å². The number of amides is 1. The molecule has 1 amide bonds. The van der Waals surface area contributed by atoms with E-state index < -0.39 is 22.3 Å². The third-order valence-corrected chi connectivity index (χ3v) is 2.91. The number of hydrogen-bond donors (Lipinski definition) is 1. The highest BCUT2D eigenvalue weighted by molar-refractivity contribution is 5.95. The van der Waals surface area contributed by atoms with Gasteiger partial charge in [-0.3, -0.25) is 19.7 Å². The van der Waals surface area contributed by atoms with E-state index in [0.29, 0.717) is 0 Å². The van der Waals surface area contributed by atoms with E-state index >= 15 is 0 Å². The number of non-ortho nitro benzene ring substituents is 1. The highest BCUT2D eigenvalue weighted by Gasteiger charge is 2.28. The van der Waals surface area contributed by atoms with Gasteiger partial charge in [-0.2, -0.15) is 0 Å². The number of carbonyl (C=O) groups excluding carboxylic acids is 1. The molecule has 7 heteroatoms. The molecule has 0 aromatic heterocycles. The Balaban J connectivity index is 3.07. The van der Waals surface area contributed by atoms with Crippen molar-refractivity contribution in [3.63, 3.8) is 0 Å². The Morgan fingerprint density at radius 1 is 1.33 bits per heavy atom. The predicted molar refractivity (Wildman–Crippen MR) is 76.1 cm³/mol. The minimum Gasteiger partial charge on any atom is -0.481 e. The summed E-state index contributed by atoms with van der Waals surface area (Å²) < 4.78 is 0. The Bertz CT molecular complexity index is 563. The summed E-state index contributed by atoms with van der Waals surface area (Å²) in [5.41, 5.74) is -0.589. The summed E-state index contributed by atoms with van der Waals surface area (Å²) in [6.07, 6.45) is -0.183. The molecule has 0 fully saturated rings. The van der Waals surface area contributed by atoms with Crippen LogP contribution in [0.2, 0.25) is 0 Å². The maximum atomic E-state index is 12.5. The Morgan fingerprint density at radius 2 is 1.95 bits per heavy atom. The van der Waals surface area contributed by atoms with Gasteiger partial charge in [-0.25, -0.2) is 0 Å². The van der Waals surface area contributed by atoms with Crippen LogP contribution < -0.4 is 0 Å². The molecule has 0 aliphatic heterocycles. The first kappa shape index (κ1) is 16.6. The largest absolute Gasteiger partial charge is 0.481 e. The molecule has 0 aliphatic carbocycles. The van der Waals surface area contributed by atoms with Crippen LogP contribution in [0.4, 0.5) is 5.69 Å². The van der Waals surface area contributed by atoms with Gasteiger partial charge in [0, 0.05) is 29.8 Å². The monoisotopic (exact) mass is 294 g/mol. The van der Waals surface area contributed by atoms with Crippen molar-refractivity contribution in [1.82, 2.24) is 4.90 Å². The van der Waals surface area contributed by atoms with Crippen molar-refractivity contribution in [3.8, 4) is 0 Å². The smallest absolute Gasteiger partial charge is 0.305 e. The van der Waals surface area contributed by atoms with Crippen LogP contribution in [0.3, 0.4) is 0 Å². The SMILES string of the molecule is CC(C)(C)N(CCC(=O)O)C(=O)c1cccc([N+](=O)[O-])c1. The van der Waals surface area contributed by atoms with E-state index in [-0.39, 0.29) is 24.2 Å². The number of carboxylic acid groups (broad SMARTS) is 1. The number of aliphatic carboxylic acids is 1. The van der Waals surface area contributed by atoms with Gasteiger partial charge >= 0.3 is 5.97 Å². The molecule has 114 valence electrons. The number of benzene rings is 1. The van der Waals surface area contributed by atoms with E-state index in [9.17, 15) is 19.7 Å². The number of nitrogens with zero attached hydrogens (tertiary/aromatic N) is 2. The molecule has 1 aromatic carbocycles. The fourth-order valence-electron chi connectivity index (χ4n) is 1.86. The van der Waals surface area contributed by atoms with Gasteiger partial charge in [0.1, 0.15) is 0 Å². The van der Waals surface area contributed by atoms with Crippen LogP contribution in [0, 0.1) is 10.1 Å². The van der Waals surface area contributed by atoms with Gasteiger partial charge in [-0.1, -0.05) is 6.07 Å². The Hall–Kier alpha value is -2.44. The predicted octanol–water partition coefficient (Wildman–Crippen LogP) is 2.31. The average molecular weight is 294 g/mol. The van der Waals surface area contributed by atoms with E-state index in [2.05, 4.69) is 0 Å². The summed E-state index contributed by atoms with van der Waals surface area (Å²) >= 11 is 0. The standard InChI is InChI=1S/C14H18N2O5/c1-14(2,3)15(8-7-12(17)18)13(19)10-5-4-6-11(9-10)16(20)21/h4-6,9H,7-8H2,1-3H3,(H,17,18). The second-order valence-corrected chi connectivity index (χ2v) is 5.58. The fourth-order valence-corrected chi connectivity index (χ4v) is 1.86. The lowest BCUT2D eigenvalue weighted by molar-refractivity contribution is -0.384. The molecular weight excluding hydrogens is 276 g/mol. The van der Waals surface area contributed by atoms with Crippen molar-refractivity contribution in [1.29, 1.82) is 0 Å². The summed E-state index contributed by atoms with van der Waals surface area (Å²) in [7, 11) is 0. The molecule has 0 heterocycles. The van der Waals surface area contributed by atoms with Crippen molar-refractivity contribution in [2.24, 2.45) is 0 Å². The molecule has 0 bridgehead atoms. The zero-order valence-corrected chi connectivity index (χ0v) is 12.2. The molecular formula is C14H18N2O5. The minimum atomic E-state index is -1.00. The quantitative estimate of drug-likeness (QED) is 0.663. The molecule has 1 N–H and O–H groups in total. The van der Waals surface area contributed by atoms with Crippen LogP contribution in [0.15, 0.2) is 24.3 Å². The molecule has 0 spiro atoms. The molecule has 0 saturated heterocycles. The van der Waals surface area contributed by atoms with Crippen LogP contribution >= 0.6 is 0 Å². The average Bonchev–Trinajstić information content (AvgIpc) is 2.36. The van der Waals surface area contributed by atoms with Crippen molar-refractivity contribution in [2.75, 3.05) is 6.54 Å². The van der Waals surface area contributed by atoms with Crippen LogP contribution in [0.1, 0.15) is 37.6 Å². The third-order valence-electron chi connectivity index (χ3n) is 2.91. The van der Waals surface area contributed by atoms with Crippen molar-refractivity contribution < 1.29 is 19.6 Å². The fraction of sp³-hybridized carbons (Fsp3) is 0.429. The zero-order valence-electron chi connectivity index (χ0n) is 12.2. The molecule has 0 aliphatic rings. The normalized spacial score (nSPS) is 11.0. The number of hydrogen-bond acceptors (Lipinski definition) is 4. The molecule has 7 nitrogen and oxygen atoms in total. The van der Waals surface area contributed by atoms with E-state index in [1.807, 2.05) is 0 Å². The lowest BCUT2D eigenvalue weighted by atomic mass is 10.0. The number of rotatable bonds is 5. The van der Waals surface area contributed by atoms with Crippen LogP contribution in [0.25, 0.3) is 0 Å². The van der Waals surface area contributed by atoms with Gasteiger partial charge in [0.05, 0.1) is 11.3 Å². The summed E-state index contributed by atoms with van der Waals surface area (Å²) in [5, 5.41) is 19.5. The minimum absolute atomic E-state index is 0.0420. The Morgan fingerprint density at radius 3 is 2.43 bits per heavy atom. The summed E-state index contributed by atoms with van der Waals surface area (Å²) in [5.74, 6) is -1.43. The van der Waals surface area contributed by atoms with Gasteiger partial charge in [-0.05, 0) is 26.8 Å². The maximum Gasteiger partial charge on any atom is 0.305 e. The van der Waals surface area contributed by atoms with Crippen LogP contribution in [-0.4, -0.2) is 38.9 Å². The van der Waals surface area contributed by atoms with Crippen molar-refractivity contribution in [3.05, 3.63) is 39.9 Å². The topological polar surface area (TPSA) is 101 Å². The van der Waals surface area contributed by atoms with Gasteiger partial charge in [-0.15, -0.1) is 0 Å². The number of carbonyl (C=O) groups is 2. The van der Waals surface area contributed by atoms with Crippen molar-refractivity contribution >= 4 is 17.6 Å². The second kappa shape index (κ2) is 6.34. The van der Waals surface area contributed by atoms with E-state index in [4.69, 9.17) is 5.11 Å². The van der Waals surface area contributed by atoms with Gasteiger partial charge in [0.25, 0.3) is 11.6 Å². The first-order chi connectivity index (χ1) is 9.62. The summed E-state index contributed by atoms with van der Waals surface area (Å²) in [4.78, 5) is 34.8. The van der Waals surface area contributed by atoms with Crippen LogP contribution in [-0.2, 0) is 4.79 Å². The van der Waals surface area contributed by atoms with Crippen LogP contribution in [0.5, 0.6) is 0 Å². The molecule has 1 rings (SSSR count). The highest BCUT2D eigenvalue weighted by Crippen LogP contribution is 2.20. The molecule has 0 atom stereocenters. The van der Waals surface area contributed by atoms with Gasteiger partial charge in [0.2, 0.25) is 0 Å².